The summed E-state index contributed by atoms with van der Waals surface area (Å²) in [6.07, 6.45) is -3.61. The molecule has 1 heterocycles. The number of hydrogen-bond donors (Lipinski definition) is 1. The van der Waals surface area contributed by atoms with Crippen molar-refractivity contribution in [3.63, 3.8) is 0 Å². The molecule has 1 saturated heterocycles. The topological polar surface area (TPSA) is 15.3 Å². The second kappa shape index (κ2) is 6.54. The van der Waals surface area contributed by atoms with Crippen molar-refractivity contribution in [3.8, 4) is 0 Å². The van der Waals surface area contributed by atoms with E-state index in [1.165, 1.54) is 12.1 Å². The molecule has 1 fully saturated rings. The second-order valence-corrected chi connectivity index (χ2v) is 5.12. The molecule has 1 aliphatic heterocycles. The maximum atomic E-state index is 13.0. The van der Waals surface area contributed by atoms with Gasteiger partial charge in [-0.15, -0.1) is 0 Å². The van der Waals surface area contributed by atoms with Crippen LogP contribution in [0.25, 0.3) is 0 Å². The highest BCUT2D eigenvalue weighted by atomic mass is 19.4. The van der Waals surface area contributed by atoms with Gasteiger partial charge in [0.1, 0.15) is 5.82 Å². The molecule has 1 aromatic rings. The standard InChI is InChI=1S/C14H18F4N2/c15-13-3-1-2-11(8-13)4-6-20-7-5-19-9-12(10-20)14(16,17)18/h1-3,8,12,19H,4-7,9-10H2. The van der Waals surface area contributed by atoms with Gasteiger partial charge in [0.25, 0.3) is 0 Å². The molecular weight excluding hydrogens is 272 g/mol. The summed E-state index contributed by atoms with van der Waals surface area (Å²) in [5, 5.41) is 2.82. The Balaban J connectivity index is 1.91. The average Bonchev–Trinajstić information content (AvgIpc) is 2.61. The third kappa shape index (κ3) is 4.45. The summed E-state index contributed by atoms with van der Waals surface area (Å²) in [5.41, 5.74) is 0.811. The number of nitrogens with one attached hydrogen (secondary N) is 1. The number of nitrogens with zero attached hydrogens (tertiary/aromatic N) is 1. The molecule has 0 saturated carbocycles. The number of hydrogen-bond acceptors (Lipinski definition) is 2. The number of halogens is 4. The Kier molecular flexibility index (Phi) is 4.99. The van der Waals surface area contributed by atoms with E-state index in [9.17, 15) is 17.6 Å². The minimum atomic E-state index is -4.17. The van der Waals surface area contributed by atoms with Crippen molar-refractivity contribution in [3.05, 3.63) is 35.6 Å². The van der Waals surface area contributed by atoms with Gasteiger partial charge in [-0.25, -0.2) is 4.39 Å². The van der Waals surface area contributed by atoms with E-state index in [4.69, 9.17) is 0 Å². The molecule has 1 unspecified atom stereocenters. The van der Waals surface area contributed by atoms with E-state index in [1.54, 1.807) is 17.0 Å². The fourth-order valence-corrected chi connectivity index (χ4v) is 2.38. The Labute approximate surface area is 115 Å². The fourth-order valence-electron chi connectivity index (χ4n) is 2.38. The predicted molar refractivity (Wildman–Crippen MR) is 69.0 cm³/mol. The number of alkyl halides is 3. The lowest BCUT2D eigenvalue weighted by Crippen LogP contribution is -2.38. The van der Waals surface area contributed by atoms with Crippen LogP contribution < -0.4 is 5.32 Å². The van der Waals surface area contributed by atoms with Crippen molar-refractivity contribution in [2.45, 2.75) is 12.6 Å². The van der Waals surface area contributed by atoms with Gasteiger partial charge in [-0.1, -0.05) is 12.1 Å². The summed E-state index contributed by atoms with van der Waals surface area (Å²) in [6, 6.07) is 6.20. The Morgan fingerprint density at radius 3 is 2.80 bits per heavy atom. The van der Waals surface area contributed by atoms with Crippen LogP contribution in [0.3, 0.4) is 0 Å². The molecule has 20 heavy (non-hydrogen) atoms. The summed E-state index contributed by atoms with van der Waals surface area (Å²) >= 11 is 0. The molecule has 0 aliphatic carbocycles. The Hall–Kier alpha value is -1.14. The lowest BCUT2D eigenvalue weighted by molar-refractivity contribution is -0.175. The van der Waals surface area contributed by atoms with Crippen LogP contribution in [0, 0.1) is 11.7 Å². The van der Waals surface area contributed by atoms with E-state index in [-0.39, 0.29) is 18.9 Å². The third-order valence-corrected chi connectivity index (χ3v) is 3.54. The highest BCUT2D eigenvalue weighted by Crippen LogP contribution is 2.27. The first-order valence-electron chi connectivity index (χ1n) is 6.69. The van der Waals surface area contributed by atoms with Crippen LogP contribution in [0.2, 0.25) is 0 Å². The van der Waals surface area contributed by atoms with Crippen LogP contribution in [0.15, 0.2) is 24.3 Å². The molecule has 0 radical (unpaired) electrons. The van der Waals surface area contributed by atoms with Gasteiger partial charge in [0.05, 0.1) is 5.92 Å². The molecule has 112 valence electrons. The van der Waals surface area contributed by atoms with Crippen molar-refractivity contribution in [1.82, 2.24) is 10.2 Å². The third-order valence-electron chi connectivity index (χ3n) is 3.54. The summed E-state index contributed by atoms with van der Waals surface area (Å²) in [4.78, 5) is 1.79. The van der Waals surface area contributed by atoms with Crippen LogP contribution in [0.5, 0.6) is 0 Å². The highest BCUT2D eigenvalue weighted by Gasteiger charge is 2.40. The summed E-state index contributed by atoms with van der Waals surface area (Å²) in [5.74, 6) is -1.65. The predicted octanol–water partition coefficient (Wildman–Crippen LogP) is 2.45. The molecule has 2 nitrogen and oxygen atoms in total. The summed E-state index contributed by atoms with van der Waals surface area (Å²) in [7, 11) is 0. The molecule has 1 atom stereocenters. The molecule has 1 N–H and O–H groups in total. The average molecular weight is 290 g/mol. The molecule has 1 aromatic carbocycles. The lowest BCUT2D eigenvalue weighted by atomic mass is 10.1. The molecule has 1 aliphatic rings. The van der Waals surface area contributed by atoms with E-state index in [2.05, 4.69) is 5.32 Å². The molecule has 6 heteroatoms. The van der Waals surface area contributed by atoms with Crippen molar-refractivity contribution < 1.29 is 17.6 Å². The van der Waals surface area contributed by atoms with Crippen LogP contribution >= 0.6 is 0 Å². The Morgan fingerprint density at radius 1 is 1.30 bits per heavy atom. The van der Waals surface area contributed by atoms with Gasteiger partial charge in [-0.05, 0) is 24.1 Å². The Bertz CT molecular complexity index is 433. The maximum absolute atomic E-state index is 13.0. The van der Waals surface area contributed by atoms with Crippen molar-refractivity contribution >= 4 is 0 Å². The first-order valence-corrected chi connectivity index (χ1v) is 6.69. The van der Waals surface area contributed by atoms with Crippen LogP contribution in [0.4, 0.5) is 17.6 Å². The van der Waals surface area contributed by atoms with Gasteiger partial charge in [-0.3, -0.25) is 0 Å². The molecule has 0 bridgehead atoms. The normalized spacial score (nSPS) is 21.7. The number of benzene rings is 1. The van der Waals surface area contributed by atoms with Gasteiger partial charge in [0.2, 0.25) is 0 Å². The molecule has 0 aromatic heterocycles. The minimum absolute atomic E-state index is 0.00577. The smallest absolute Gasteiger partial charge is 0.315 e. The molecule has 0 spiro atoms. The zero-order chi connectivity index (χ0) is 14.6. The fraction of sp³-hybridized carbons (Fsp3) is 0.571. The van der Waals surface area contributed by atoms with Gasteiger partial charge < -0.3 is 10.2 Å². The number of rotatable bonds is 3. The first kappa shape index (κ1) is 15.3. The summed E-state index contributed by atoms with van der Waals surface area (Å²) < 4.78 is 51.4. The monoisotopic (exact) mass is 290 g/mol. The van der Waals surface area contributed by atoms with Gasteiger partial charge in [-0.2, -0.15) is 13.2 Å². The van der Waals surface area contributed by atoms with Gasteiger partial charge >= 0.3 is 6.18 Å². The van der Waals surface area contributed by atoms with Crippen molar-refractivity contribution in [1.29, 1.82) is 0 Å². The molecule has 2 rings (SSSR count). The van der Waals surface area contributed by atoms with Crippen molar-refractivity contribution in [2.24, 2.45) is 5.92 Å². The SMILES string of the molecule is Fc1cccc(CCN2CCNCC(C(F)(F)F)C2)c1. The van der Waals surface area contributed by atoms with E-state index in [0.29, 0.717) is 26.1 Å². The second-order valence-electron chi connectivity index (χ2n) is 5.12. The van der Waals surface area contributed by atoms with E-state index in [0.717, 1.165) is 5.56 Å². The minimum Gasteiger partial charge on any atom is -0.315 e. The first-order chi connectivity index (χ1) is 9.45. The highest BCUT2D eigenvalue weighted by molar-refractivity contribution is 5.16. The van der Waals surface area contributed by atoms with E-state index < -0.39 is 12.1 Å². The van der Waals surface area contributed by atoms with E-state index >= 15 is 0 Å². The van der Waals surface area contributed by atoms with E-state index in [1.807, 2.05) is 0 Å². The lowest BCUT2D eigenvalue weighted by Gasteiger charge is -2.25. The zero-order valence-corrected chi connectivity index (χ0v) is 11.1. The largest absolute Gasteiger partial charge is 0.394 e. The van der Waals surface area contributed by atoms with Gasteiger partial charge in [0, 0.05) is 32.7 Å². The van der Waals surface area contributed by atoms with Crippen LogP contribution in [0.1, 0.15) is 5.56 Å². The maximum Gasteiger partial charge on any atom is 0.394 e. The quantitative estimate of drug-likeness (QED) is 0.860. The molecule has 0 amide bonds. The summed E-state index contributed by atoms with van der Waals surface area (Å²) in [6.45, 7) is 1.63. The Morgan fingerprint density at radius 2 is 2.10 bits per heavy atom. The molecular formula is C14H18F4N2. The van der Waals surface area contributed by atoms with Crippen molar-refractivity contribution in [2.75, 3.05) is 32.7 Å². The van der Waals surface area contributed by atoms with Crippen LogP contribution in [-0.2, 0) is 6.42 Å². The van der Waals surface area contributed by atoms with Crippen LogP contribution in [-0.4, -0.2) is 43.8 Å². The van der Waals surface area contributed by atoms with Gasteiger partial charge in [0.15, 0.2) is 0 Å². The zero-order valence-electron chi connectivity index (χ0n) is 11.1.